The van der Waals surface area contributed by atoms with Gasteiger partial charge in [0.25, 0.3) is 0 Å². The molecule has 1 amide bonds. The third-order valence-corrected chi connectivity index (χ3v) is 1.10. The number of amides is 1. The fraction of sp³-hybridized carbons (Fsp3) is 0.333. The summed E-state index contributed by atoms with van der Waals surface area (Å²) in [6.07, 6.45) is 2.81. The monoisotopic (exact) mass is 155 g/mol. The minimum Gasteiger partial charge on any atom is -0.441 e. The molecule has 1 aromatic heterocycles. The minimum atomic E-state index is -0.457. The Morgan fingerprint density at radius 3 is 3.27 bits per heavy atom. The predicted molar refractivity (Wildman–Crippen MR) is 37.8 cm³/mol. The molecule has 0 aliphatic carbocycles. The lowest BCUT2D eigenvalue weighted by Gasteiger charge is -1.99. The number of carbonyl (C=O) groups is 1. The van der Waals surface area contributed by atoms with Gasteiger partial charge in [0.1, 0.15) is 5.82 Å². The molecule has 2 N–H and O–H groups in total. The summed E-state index contributed by atoms with van der Waals surface area (Å²) in [6, 6.07) is 0. The first-order chi connectivity index (χ1) is 5.33. The van der Waals surface area contributed by atoms with Gasteiger partial charge in [0.05, 0.1) is 0 Å². The summed E-state index contributed by atoms with van der Waals surface area (Å²) in [6.45, 7) is 0.173. The zero-order chi connectivity index (χ0) is 8.10. The second-order valence-corrected chi connectivity index (χ2v) is 1.86. The van der Waals surface area contributed by atoms with Crippen LogP contribution in [-0.2, 0) is 11.3 Å². The lowest BCUT2D eigenvalue weighted by atomic mass is 10.7. The molecule has 1 aromatic rings. The van der Waals surface area contributed by atoms with Gasteiger partial charge in [-0.15, -0.1) is 0 Å². The van der Waals surface area contributed by atoms with E-state index in [2.05, 4.69) is 15.3 Å². The quantitative estimate of drug-likeness (QED) is 0.644. The highest BCUT2D eigenvalue weighted by Crippen LogP contribution is 1.91. The van der Waals surface area contributed by atoms with Crippen molar-refractivity contribution < 1.29 is 9.53 Å². The largest absolute Gasteiger partial charge is 0.441 e. The van der Waals surface area contributed by atoms with Gasteiger partial charge in [-0.2, -0.15) is 0 Å². The molecule has 5 nitrogen and oxygen atoms in total. The normalized spacial score (nSPS) is 9.18. The van der Waals surface area contributed by atoms with E-state index in [1.807, 2.05) is 0 Å². The van der Waals surface area contributed by atoms with E-state index in [-0.39, 0.29) is 6.61 Å². The summed E-state index contributed by atoms with van der Waals surface area (Å²) in [5.41, 5.74) is 0. The topological polar surface area (TPSA) is 67.0 Å². The van der Waals surface area contributed by atoms with Gasteiger partial charge in [-0.05, 0) is 0 Å². The highest BCUT2D eigenvalue weighted by Gasteiger charge is 1.98. The number of hydrogen-bond acceptors (Lipinski definition) is 3. The fourth-order valence-electron chi connectivity index (χ4n) is 0.583. The molecule has 0 aromatic carbocycles. The number of carbonyl (C=O) groups excluding carboxylic acids is 1. The molecule has 0 fully saturated rings. The highest BCUT2D eigenvalue weighted by atomic mass is 16.5. The van der Waals surface area contributed by atoms with E-state index < -0.39 is 6.09 Å². The molecule has 11 heavy (non-hydrogen) atoms. The zero-order valence-electron chi connectivity index (χ0n) is 6.13. The predicted octanol–water partition coefficient (Wildman–Crippen LogP) is 0.266. The lowest BCUT2D eigenvalue weighted by molar-refractivity contribution is 0.139. The molecular formula is C6H9N3O2. The number of aromatic amines is 1. The molecule has 0 saturated heterocycles. The number of alkyl carbamates (subject to hydrolysis) is 1. The molecule has 5 heteroatoms. The Bertz CT molecular complexity index is 220. The Kier molecular flexibility index (Phi) is 2.48. The van der Waals surface area contributed by atoms with Crippen LogP contribution in [0.25, 0.3) is 0 Å². The molecule has 0 atom stereocenters. The van der Waals surface area contributed by atoms with Gasteiger partial charge in [0, 0.05) is 19.4 Å². The minimum absolute atomic E-state index is 0.173. The number of nitrogens with one attached hydrogen (secondary N) is 2. The second-order valence-electron chi connectivity index (χ2n) is 1.86. The van der Waals surface area contributed by atoms with Crippen LogP contribution >= 0.6 is 0 Å². The number of H-pyrrole nitrogens is 1. The second kappa shape index (κ2) is 3.60. The summed E-state index contributed by atoms with van der Waals surface area (Å²) < 4.78 is 4.69. The molecule has 1 rings (SSSR count). The lowest BCUT2D eigenvalue weighted by Crippen LogP contribution is -2.19. The van der Waals surface area contributed by atoms with E-state index in [1.165, 1.54) is 7.05 Å². The van der Waals surface area contributed by atoms with E-state index in [1.54, 1.807) is 12.4 Å². The average Bonchev–Trinajstić information content (AvgIpc) is 2.52. The number of aromatic nitrogens is 2. The Hall–Kier alpha value is -1.52. The van der Waals surface area contributed by atoms with Gasteiger partial charge in [0.2, 0.25) is 0 Å². The zero-order valence-corrected chi connectivity index (χ0v) is 6.13. The van der Waals surface area contributed by atoms with Crippen LogP contribution in [0.15, 0.2) is 12.4 Å². The van der Waals surface area contributed by atoms with E-state index in [0.717, 1.165) is 0 Å². The number of imidazole rings is 1. The molecule has 60 valence electrons. The third kappa shape index (κ3) is 2.29. The first-order valence-electron chi connectivity index (χ1n) is 3.15. The van der Waals surface area contributed by atoms with Crippen LogP contribution in [0.4, 0.5) is 4.79 Å². The van der Waals surface area contributed by atoms with Gasteiger partial charge in [-0.3, -0.25) is 0 Å². The van der Waals surface area contributed by atoms with E-state index >= 15 is 0 Å². The number of ether oxygens (including phenoxy) is 1. The maximum atomic E-state index is 10.5. The maximum absolute atomic E-state index is 10.5. The van der Waals surface area contributed by atoms with Crippen LogP contribution in [0.1, 0.15) is 5.82 Å². The average molecular weight is 155 g/mol. The van der Waals surface area contributed by atoms with Crippen molar-refractivity contribution in [3.8, 4) is 0 Å². The van der Waals surface area contributed by atoms with Crippen molar-refractivity contribution in [1.82, 2.24) is 15.3 Å². The summed E-state index contributed by atoms with van der Waals surface area (Å²) in [5.74, 6) is 0.633. The van der Waals surface area contributed by atoms with Crippen LogP contribution in [-0.4, -0.2) is 23.1 Å². The molecular weight excluding hydrogens is 146 g/mol. The fourth-order valence-corrected chi connectivity index (χ4v) is 0.583. The van der Waals surface area contributed by atoms with Crippen molar-refractivity contribution in [2.24, 2.45) is 0 Å². The molecule has 0 aliphatic heterocycles. The molecule has 0 aliphatic rings. The molecule has 0 spiro atoms. The van der Waals surface area contributed by atoms with Crippen molar-refractivity contribution >= 4 is 6.09 Å². The van der Waals surface area contributed by atoms with Gasteiger partial charge in [-0.25, -0.2) is 9.78 Å². The van der Waals surface area contributed by atoms with Crippen molar-refractivity contribution in [3.05, 3.63) is 18.2 Å². The Morgan fingerprint density at radius 1 is 1.91 bits per heavy atom. The van der Waals surface area contributed by atoms with Crippen LogP contribution in [0.2, 0.25) is 0 Å². The summed E-state index contributed by atoms with van der Waals surface area (Å²) in [4.78, 5) is 17.2. The standard InChI is InChI=1S/C6H9N3O2/c1-7-6(10)11-4-5-8-2-3-9-5/h2-3H,4H2,1H3,(H,7,10)(H,8,9). The summed E-state index contributed by atoms with van der Waals surface area (Å²) >= 11 is 0. The first-order valence-corrected chi connectivity index (χ1v) is 3.15. The van der Waals surface area contributed by atoms with Gasteiger partial charge in [-0.1, -0.05) is 0 Å². The van der Waals surface area contributed by atoms with Crippen LogP contribution < -0.4 is 5.32 Å². The Labute approximate surface area is 63.8 Å². The van der Waals surface area contributed by atoms with Crippen molar-refractivity contribution in [2.45, 2.75) is 6.61 Å². The summed E-state index contributed by atoms with van der Waals surface area (Å²) in [5, 5.41) is 2.32. The third-order valence-electron chi connectivity index (χ3n) is 1.10. The summed E-state index contributed by atoms with van der Waals surface area (Å²) in [7, 11) is 1.50. The van der Waals surface area contributed by atoms with Crippen molar-refractivity contribution in [3.63, 3.8) is 0 Å². The van der Waals surface area contributed by atoms with Gasteiger partial charge >= 0.3 is 6.09 Å². The first kappa shape index (κ1) is 7.59. The van der Waals surface area contributed by atoms with E-state index in [0.29, 0.717) is 5.82 Å². The van der Waals surface area contributed by atoms with Gasteiger partial charge in [0.15, 0.2) is 6.61 Å². The van der Waals surface area contributed by atoms with Gasteiger partial charge < -0.3 is 15.0 Å². The number of nitrogens with zero attached hydrogens (tertiary/aromatic N) is 1. The van der Waals surface area contributed by atoms with Crippen LogP contribution in [0, 0.1) is 0 Å². The van der Waals surface area contributed by atoms with Crippen LogP contribution in [0.3, 0.4) is 0 Å². The molecule has 0 unspecified atom stereocenters. The van der Waals surface area contributed by atoms with Crippen molar-refractivity contribution in [1.29, 1.82) is 0 Å². The Morgan fingerprint density at radius 2 is 2.73 bits per heavy atom. The van der Waals surface area contributed by atoms with Crippen molar-refractivity contribution in [2.75, 3.05) is 7.05 Å². The number of hydrogen-bond donors (Lipinski definition) is 2. The maximum Gasteiger partial charge on any atom is 0.407 e. The highest BCUT2D eigenvalue weighted by molar-refractivity contribution is 5.66. The van der Waals surface area contributed by atoms with E-state index in [4.69, 9.17) is 4.74 Å². The molecule has 0 radical (unpaired) electrons. The molecule has 0 bridgehead atoms. The number of rotatable bonds is 2. The van der Waals surface area contributed by atoms with Crippen LogP contribution in [0.5, 0.6) is 0 Å². The Balaban J connectivity index is 2.29. The molecule has 0 saturated carbocycles. The smallest absolute Gasteiger partial charge is 0.407 e. The SMILES string of the molecule is CNC(=O)OCc1ncc[nH]1. The molecule has 1 heterocycles. The van der Waals surface area contributed by atoms with E-state index in [9.17, 15) is 4.79 Å².